The van der Waals surface area contributed by atoms with E-state index in [-0.39, 0.29) is 24.7 Å². The molecule has 4 unspecified atom stereocenters. The SMILES string of the molecule is CCCCCC(CC(C)(CC(C)(CC([O-])CC)C(=O)OC)C(=O)OC)c1ccccc1. The van der Waals surface area contributed by atoms with Crippen molar-refractivity contribution in [3.63, 3.8) is 0 Å². The second kappa shape index (κ2) is 12.8. The van der Waals surface area contributed by atoms with Crippen LogP contribution in [0, 0.1) is 10.8 Å². The fraction of sp³-hybridized carbons (Fsp3) is 0.692. The van der Waals surface area contributed by atoms with Gasteiger partial charge in [-0.3, -0.25) is 9.59 Å². The second-order valence-electron chi connectivity index (χ2n) is 9.32. The molecule has 176 valence electrons. The van der Waals surface area contributed by atoms with Crippen LogP contribution in [0.25, 0.3) is 0 Å². The highest BCUT2D eigenvalue weighted by Crippen LogP contribution is 2.46. The van der Waals surface area contributed by atoms with Crippen LogP contribution < -0.4 is 5.11 Å². The Hall–Kier alpha value is -1.88. The second-order valence-corrected chi connectivity index (χ2v) is 9.32. The van der Waals surface area contributed by atoms with Gasteiger partial charge in [0.05, 0.1) is 25.0 Å². The lowest BCUT2D eigenvalue weighted by Gasteiger charge is -2.40. The van der Waals surface area contributed by atoms with Crippen molar-refractivity contribution in [3.8, 4) is 0 Å². The molecule has 0 spiro atoms. The molecule has 5 nitrogen and oxygen atoms in total. The lowest BCUT2D eigenvalue weighted by Crippen LogP contribution is -2.44. The monoisotopic (exact) mass is 433 g/mol. The van der Waals surface area contributed by atoms with Crippen molar-refractivity contribution in [3.05, 3.63) is 35.9 Å². The summed E-state index contributed by atoms with van der Waals surface area (Å²) in [6, 6.07) is 10.2. The van der Waals surface area contributed by atoms with Crippen molar-refractivity contribution in [2.75, 3.05) is 14.2 Å². The predicted octanol–water partition coefficient (Wildman–Crippen LogP) is 5.02. The van der Waals surface area contributed by atoms with Gasteiger partial charge in [-0.25, -0.2) is 0 Å². The van der Waals surface area contributed by atoms with Crippen LogP contribution in [0.2, 0.25) is 0 Å². The summed E-state index contributed by atoms with van der Waals surface area (Å²) in [5.41, 5.74) is -0.786. The summed E-state index contributed by atoms with van der Waals surface area (Å²) < 4.78 is 10.3. The third kappa shape index (κ3) is 7.95. The predicted molar refractivity (Wildman–Crippen MR) is 122 cm³/mol. The zero-order valence-corrected chi connectivity index (χ0v) is 20.2. The highest BCUT2D eigenvalue weighted by Gasteiger charge is 2.47. The van der Waals surface area contributed by atoms with Crippen molar-refractivity contribution in [1.29, 1.82) is 0 Å². The molecule has 0 N–H and O–H groups in total. The molecule has 0 radical (unpaired) electrons. The molecule has 1 aromatic rings. The Morgan fingerprint density at radius 1 is 0.935 bits per heavy atom. The topological polar surface area (TPSA) is 75.7 Å². The molecule has 0 heterocycles. The van der Waals surface area contributed by atoms with Crippen LogP contribution in [-0.4, -0.2) is 32.3 Å². The number of carbonyl (C=O) groups excluding carboxylic acids is 2. The van der Waals surface area contributed by atoms with E-state index in [0.717, 1.165) is 25.7 Å². The normalized spacial score (nSPS) is 17.1. The molecule has 0 aliphatic carbocycles. The average molecular weight is 434 g/mol. The van der Waals surface area contributed by atoms with Crippen LogP contribution in [0.15, 0.2) is 30.3 Å². The lowest BCUT2D eigenvalue weighted by atomic mass is 9.65. The Morgan fingerprint density at radius 2 is 1.48 bits per heavy atom. The van der Waals surface area contributed by atoms with Crippen LogP contribution >= 0.6 is 0 Å². The molecule has 31 heavy (non-hydrogen) atoms. The molecule has 0 saturated heterocycles. The largest absolute Gasteiger partial charge is 0.852 e. The third-order valence-corrected chi connectivity index (χ3v) is 6.39. The van der Waals surface area contributed by atoms with Crippen molar-refractivity contribution in [2.24, 2.45) is 10.8 Å². The van der Waals surface area contributed by atoms with Crippen molar-refractivity contribution >= 4 is 11.9 Å². The number of esters is 2. The van der Waals surface area contributed by atoms with E-state index in [0.29, 0.717) is 12.8 Å². The Labute approximate surface area is 188 Å². The highest BCUT2D eigenvalue weighted by molar-refractivity contribution is 5.80. The van der Waals surface area contributed by atoms with Gasteiger partial charge in [0.1, 0.15) is 0 Å². The number of methoxy groups -OCH3 is 2. The van der Waals surface area contributed by atoms with Crippen LogP contribution in [0.1, 0.15) is 90.5 Å². The number of hydrogen-bond donors (Lipinski definition) is 0. The molecule has 0 aliphatic heterocycles. The molecule has 4 atom stereocenters. The van der Waals surface area contributed by atoms with E-state index < -0.39 is 22.9 Å². The van der Waals surface area contributed by atoms with E-state index in [1.54, 1.807) is 6.92 Å². The van der Waals surface area contributed by atoms with Crippen LogP contribution in [0.3, 0.4) is 0 Å². The molecule has 0 fully saturated rings. The number of benzene rings is 1. The Morgan fingerprint density at radius 3 is 1.97 bits per heavy atom. The molecule has 1 rings (SSSR count). The third-order valence-electron chi connectivity index (χ3n) is 6.39. The van der Waals surface area contributed by atoms with Crippen LogP contribution in [0.5, 0.6) is 0 Å². The van der Waals surface area contributed by atoms with Crippen LogP contribution in [-0.2, 0) is 19.1 Å². The van der Waals surface area contributed by atoms with Crippen molar-refractivity contribution < 1.29 is 24.2 Å². The Kier molecular flexibility index (Phi) is 11.3. The van der Waals surface area contributed by atoms with Gasteiger partial charge in [-0.15, -0.1) is 6.10 Å². The molecule has 1 aromatic carbocycles. The molecule has 0 aromatic heterocycles. The zero-order valence-electron chi connectivity index (χ0n) is 20.2. The van der Waals surface area contributed by atoms with E-state index in [1.165, 1.54) is 19.8 Å². The molecule has 0 saturated carbocycles. The first-order valence-corrected chi connectivity index (χ1v) is 11.5. The first kappa shape index (κ1) is 27.2. The lowest BCUT2D eigenvalue weighted by molar-refractivity contribution is -0.425. The quantitative estimate of drug-likeness (QED) is 0.304. The number of unbranched alkanes of at least 4 members (excludes halogenated alkanes) is 2. The summed E-state index contributed by atoms with van der Waals surface area (Å²) in [7, 11) is 2.71. The first-order valence-electron chi connectivity index (χ1n) is 11.5. The number of ether oxygens (including phenoxy) is 2. The summed E-state index contributed by atoms with van der Waals surface area (Å²) in [6.07, 6.45) is 4.72. The van der Waals surface area contributed by atoms with Gasteiger partial charge in [-0.05, 0) is 51.0 Å². The fourth-order valence-electron chi connectivity index (χ4n) is 4.75. The van der Waals surface area contributed by atoms with Gasteiger partial charge in [0.2, 0.25) is 0 Å². The summed E-state index contributed by atoms with van der Waals surface area (Å²) in [4.78, 5) is 25.7. The van der Waals surface area contributed by atoms with Crippen molar-refractivity contribution in [1.82, 2.24) is 0 Å². The van der Waals surface area contributed by atoms with Gasteiger partial charge >= 0.3 is 11.9 Å². The van der Waals surface area contributed by atoms with Crippen LogP contribution in [0.4, 0.5) is 0 Å². The minimum absolute atomic E-state index is 0.134. The fourth-order valence-corrected chi connectivity index (χ4v) is 4.75. The average Bonchev–Trinajstić information content (AvgIpc) is 2.77. The Bertz CT molecular complexity index is 674. The summed E-state index contributed by atoms with van der Waals surface area (Å²) in [6.45, 7) is 7.59. The van der Waals surface area contributed by atoms with Gasteiger partial charge in [0, 0.05) is 0 Å². The molecule has 0 amide bonds. The smallest absolute Gasteiger partial charge is 0.311 e. The molecule has 0 bridgehead atoms. The van der Waals surface area contributed by atoms with Gasteiger partial charge in [-0.2, -0.15) is 0 Å². The maximum Gasteiger partial charge on any atom is 0.311 e. The maximum absolute atomic E-state index is 13.0. The summed E-state index contributed by atoms with van der Waals surface area (Å²) in [5.74, 6) is -0.634. The van der Waals surface area contributed by atoms with Crippen molar-refractivity contribution in [2.45, 2.75) is 91.1 Å². The minimum atomic E-state index is -1.05. The Balaban J connectivity index is 3.29. The van der Waals surface area contributed by atoms with E-state index in [1.807, 2.05) is 32.0 Å². The van der Waals surface area contributed by atoms with Gasteiger partial charge < -0.3 is 14.6 Å². The van der Waals surface area contributed by atoms with E-state index >= 15 is 0 Å². The zero-order chi connectivity index (χ0) is 23.5. The van der Waals surface area contributed by atoms with Gasteiger partial charge in [-0.1, -0.05) is 69.9 Å². The first-order chi connectivity index (χ1) is 14.7. The van der Waals surface area contributed by atoms with Gasteiger partial charge in [0.15, 0.2) is 0 Å². The molecular weight excluding hydrogens is 392 g/mol. The van der Waals surface area contributed by atoms with E-state index in [4.69, 9.17) is 9.47 Å². The highest BCUT2D eigenvalue weighted by atomic mass is 16.5. The molecule has 5 heteroatoms. The van der Waals surface area contributed by atoms with E-state index in [9.17, 15) is 14.7 Å². The number of carbonyl (C=O) groups is 2. The molecular formula is C26H41O5-. The maximum atomic E-state index is 13.0. The number of rotatable bonds is 14. The standard InChI is InChI=1S/C26H41O5/c1-7-9-11-16-21(20-14-12-10-13-15-20)17-25(3,23(28)30-5)19-26(4,24(29)31-6)18-22(27)8-2/h10,12-15,21-22H,7-9,11,16-19H2,1-6H3/q-1. The summed E-state index contributed by atoms with van der Waals surface area (Å²) >= 11 is 0. The minimum Gasteiger partial charge on any atom is -0.852 e. The number of hydrogen-bond acceptors (Lipinski definition) is 5. The van der Waals surface area contributed by atoms with Gasteiger partial charge in [0.25, 0.3) is 0 Å². The van der Waals surface area contributed by atoms with E-state index in [2.05, 4.69) is 19.1 Å². The summed E-state index contributed by atoms with van der Waals surface area (Å²) in [5, 5.41) is 12.4. The molecule has 0 aliphatic rings.